The molecule has 1 aromatic rings. The predicted molar refractivity (Wildman–Crippen MR) is 52.0 cm³/mol. The number of hydrogen-bond acceptors (Lipinski definition) is 3. The van der Waals surface area contributed by atoms with E-state index < -0.39 is 11.9 Å². The molecule has 0 bridgehead atoms. The lowest BCUT2D eigenvalue weighted by molar-refractivity contribution is 0.346. The van der Waals surface area contributed by atoms with E-state index in [1.165, 1.54) is 13.2 Å². The molecular formula is C10H14FNO2. The van der Waals surface area contributed by atoms with Crippen LogP contribution < -0.4 is 10.5 Å². The van der Waals surface area contributed by atoms with E-state index in [0.29, 0.717) is 11.1 Å². The highest BCUT2D eigenvalue weighted by atomic mass is 19.1. The first-order chi connectivity index (χ1) is 6.49. The van der Waals surface area contributed by atoms with Crippen molar-refractivity contribution in [3.05, 3.63) is 23.0 Å². The van der Waals surface area contributed by atoms with Gasteiger partial charge in [0.05, 0.1) is 7.11 Å². The molecule has 1 unspecified atom stereocenters. The van der Waals surface area contributed by atoms with E-state index in [4.69, 9.17) is 10.5 Å². The number of phenols is 1. The number of ether oxygens (including phenoxy) is 1. The zero-order valence-corrected chi connectivity index (χ0v) is 8.47. The first kappa shape index (κ1) is 10.8. The van der Waals surface area contributed by atoms with E-state index in [1.807, 2.05) is 0 Å². The van der Waals surface area contributed by atoms with Gasteiger partial charge in [0.1, 0.15) is 0 Å². The zero-order valence-electron chi connectivity index (χ0n) is 8.47. The van der Waals surface area contributed by atoms with E-state index in [2.05, 4.69) is 0 Å². The number of benzene rings is 1. The summed E-state index contributed by atoms with van der Waals surface area (Å²) in [6, 6.07) is 1.10. The molecular weight excluding hydrogens is 185 g/mol. The molecule has 0 radical (unpaired) electrons. The smallest absolute Gasteiger partial charge is 0.197 e. The van der Waals surface area contributed by atoms with Gasteiger partial charge in [0, 0.05) is 11.6 Å². The van der Waals surface area contributed by atoms with Crippen molar-refractivity contribution in [1.82, 2.24) is 0 Å². The van der Waals surface area contributed by atoms with E-state index >= 15 is 0 Å². The third kappa shape index (κ3) is 1.65. The minimum atomic E-state index is -0.592. The van der Waals surface area contributed by atoms with Gasteiger partial charge in [-0.25, -0.2) is 4.39 Å². The fraction of sp³-hybridized carbons (Fsp3) is 0.400. The van der Waals surface area contributed by atoms with Crippen molar-refractivity contribution in [3.63, 3.8) is 0 Å². The summed E-state index contributed by atoms with van der Waals surface area (Å²) < 4.78 is 18.4. The van der Waals surface area contributed by atoms with Gasteiger partial charge in [-0.05, 0) is 25.5 Å². The van der Waals surface area contributed by atoms with Crippen molar-refractivity contribution in [2.24, 2.45) is 5.73 Å². The van der Waals surface area contributed by atoms with Gasteiger partial charge in [0.15, 0.2) is 17.3 Å². The Morgan fingerprint density at radius 2 is 2.14 bits per heavy atom. The first-order valence-electron chi connectivity index (χ1n) is 4.30. The maximum absolute atomic E-state index is 13.6. The molecule has 0 fully saturated rings. The largest absolute Gasteiger partial charge is 0.504 e. The molecule has 3 N–H and O–H groups in total. The summed E-state index contributed by atoms with van der Waals surface area (Å²) in [6.07, 6.45) is 0. The topological polar surface area (TPSA) is 55.5 Å². The Bertz CT molecular complexity index is 350. The number of aromatic hydroxyl groups is 1. The highest BCUT2D eigenvalue weighted by molar-refractivity contribution is 5.49. The van der Waals surface area contributed by atoms with Crippen LogP contribution in [0.25, 0.3) is 0 Å². The Kier molecular flexibility index (Phi) is 2.96. The molecule has 0 aliphatic rings. The van der Waals surface area contributed by atoms with Crippen molar-refractivity contribution in [2.75, 3.05) is 7.11 Å². The van der Waals surface area contributed by atoms with Crippen LogP contribution in [0.15, 0.2) is 6.07 Å². The van der Waals surface area contributed by atoms with Crippen LogP contribution in [-0.4, -0.2) is 12.2 Å². The molecule has 1 rings (SSSR count). The van der Waals surface area contributed by atoms with Gasteiger partial charge in [-0.2, -0.15) is 0 Å². The second-order valence-electron chi connectivity index (χ2n) is 3.27. The van der Waals surface area contributed by atoms with Gasteiger partial charge >= 0.3 is 0 Å². The molecule has 0 amide bonds. The molecule has 0 spiro atoms. The second kappa shape index (κ2) is 3.84. The van der Waals surface area contributed by atoms with Crippen molar-refractivity contribution in [2.45, 2.75) is 19.9 Å². The van der Waals surface area contributed by atoms with E-state index in [-0.39, 0.29) is 11.5 Å². The molecule has 0 aromatic heterocycles. The molecule has 0 heterocycles. The van der Waals surface area contributed by atoms with E-state index in [9.17, 15) is 9.50 Å². The number of hydrogen-bond donors (Lipinski definition) is 2. The van der Waals surface area contributed by atoms with Crippen molar-refractivity contribution in [3.8, 4) is 11.5 Å². The Morgan fingerprint density at radius 1 is 1.57 bits per heavy atom. The minimum Gasteiger partial charge on any atom is -0.504 e. The minimum absolute atomic E-state index is 0.141. The average Bonchev–Trinajstić information content (AvgIpc) is 2.12. The normalized spacial score (nSPS) is 12.6. The summed E-state index contributed by atoms with van der Waals surface area (Å²) in [7, 11) is 1.31. The number of phenolic OH excluding ortho intramolecular Hbond substituents is 1. The van der Waals surface area contributed by atoms with Crippen LogP contribution in [0.2, 0.25) is 0 Å². The Balaban J connectivity index is 3.42. The van der Waals surface area contributed by atoms with Gasteiger partial charge in [-0.1, -0.05) is 0 Å². The zero-order chi connectivity index (χ0) is 10.9. The van der Waals surface area contributed by atoms with Crippen LogP contribution in [0.1, 0.15) is 24.1 Å². The number of halogens is 1. The lowest BCUT2D eigenvalue weighted by Crippen LogP contribution is -2.09. The molecule has 0 aliphatic heterocycles. The molecule has 1 aromatic carbocycles. The van der Waals surface area contributed by atoms with Gasteiger partial charge in [-0.3, -0.25) is 0 Å². The monoisotopic (exact) mass is 199 g/mol. The molecule has 14 heavy (non-hydrogen) atoms. The standard InChI is InChI=1S/C10H14FNO2/c1-5-4-7(6(2)12)8(11)10(14-3)9(5)13/h4,6,13H,12H2,1-3H3. The quantitative estimate of drug-likeness (QED) is 0.764. The third-order valence-electron chi connectivity index (χ3n) is 2.11. The highest BCUT2D eigenvalue weighted by Gasteiger charge is 2.18. The Hall–Kier alpha value is -1.29. The van der Waals surface area contributed by atoms with E-state index in [0.717, 1.165) is 0 Å². The van der Waals surface area contributed by atoms with Crippen LogP contribution in [0.3, 0.4) is 0 Å². The van der Waals surface area contributed by atoms with Crippen LogP contribution in [0.5, 0.6) is 11.5 Å². The predicted octanol–water partition coefficient (Wildman–Crippen LogP) is 1.87. The summed E-state index contributed by atoms with van der Waals surface area (Å²) in [5, 5.41) is 9.48. The summed E-state index contributed by atoms with van der Waals surface area (Å²) >= 11 is 0. The van der Waals surface area contributed by atoms with Crippen LogP contribution >= 0.6 is 0 Å². The summed E-state index contributed by atoms with van der Waals surface area (Å²) in [5.41, 5.74) is 6.48. The van der Waals surface area contributed by atoms with Gasteiger partial charge in [0.25, 0.3) is 0 Å². The summed E-state index contributed by atoms with van der Waals surface area (Å²) in [5.74, 6) is -0.905. The molecule has 4 heteroatoms. The van der Waals surface area contributed by atoms with Crippen LogP contribution in [0, 0.1) is 12.7 Å². The summed E-state index contributed by atoms with van der Waals surface area (Å²) in [4.78, 5) is 0. The lowest BCUT2D eigenvalue weighted by atomic mass is 10.0. The van der Waals surface area contributed by atoms with E-state index in [1.54, 1.807) is 13.8 Å². The maximum Gasteiger partial charge on any atom is 0.197 e. The van der Waals surface area contributed by atoms with Crippen molar-refractivity contribution < 1.29 is 14.2 Å². The fourth-order valence-electron chi connectivity index (χ4n) is 1.30. The molecule has 1 atom stereocenters. The summed E-state index contributed by atoms with van der Waals surface area (Å²) in [6.45, 7) is 3.34. The number of aryl methyl sites for hydroxylation is 1. The molecule has 0 saturated carbocycles. The third-order valence-corrected chi connectivity index (χ3v) is 2.11. The average molecular weight is 199 g/mol. The fourth-order valence-corrected chi connectivity index (χ4v) is 1.30. The van der Waals surface area contributed by atoms with Gasteiger partial charge < -0.3 is 15.6 Å². The molecule has 78 valence electrons. The molecule has 3 nitrogen and oxygen atoms in total. The first-order valence-corrected chi connectivity index (χ1v) is 4.30. The van der Waals surface area contributed by atoms with Crippen LogP contribution in [-0.2, 0) is 0 Å². The van der Waals surface area contributed by atoms with Crippen LogP contribution in [0.4, 0.5) is 4.39 Å². The van der Waals surface area contributed by atoms with Crippen molar-refractivity contribution in [1.29, 1.82) is 0 Å². The lowest BCUT2D eigenvalue weighted by Gasteiger charge is -2.13. The SMILES string of the molecule is COc1c(O)c(C)cc(C(C)N)c1F. The van der Waals surface area contributed by atoms with Gasteiger partial charge in [-0.15, -0.1) is 0 Å². The number of rotatable bonds is 2. The maximum atomic E-state index is 13.6. The highest BCUT2D eigenvalue weighted by Crippen LogP contribution is 2.36. The molecule has 0 saturated heterocycles. The number of nitrogens with two attached hydrogens (primary N) is 1. The number of methoxy groups -OCH3 is 1. The molecule has 0 aliphatic carbocycles. The Labute approximate surface area is 82.3 Å². The second-order valence-corrected chi connectivity index (χ2v) is 3.27. The van der Waals surface area contributed by atoms with Crippen molar-refractivity contribution >= 4 is 0 Å². The van der Waals surface area contributed by atoms with Gasteiger partial charge in [0.2, 0.25) is 0 Å². The Morgan fingerprint density at radius 3 is 2.57 bits per heavy atom.